The lowest BCUT2D eigenvalue weighted by molar-refractivity contribution is -0.137. The number of alkyl halides is 3. The van der Waals surface area contributed by atoms with Gasteiger partial charge in [-0.1, -0.05) is 12.1 Å². The molecule has 0 bridgehead atoms. The Morgan fingerprint density at radius 2 is 1.82 bits per heavy atom. The zero-order chi connectivity index (χ0) is 24.2. The molecule has 1 aliphatic rings. The monoisotopic (exact) mass is 486 g/mol. The van der Waals surface area contributed by atoms with E-state index in [1.165, 1.54) is 6.07 Å². The second-order valence-corrected chi connectivity index (χ2v) is 9.59. The van der Waals surface area contributed by atoms with Crippen molar-refractivity contribution in [2.75, 3.05) is 30.3 Å². The van der Waals surface area contributed by atoms with Crippen LogP contribution in [0.1, 0.15) is 36.9 Å². The summed E-state index contributed by atoms with van der Waals surface area (Å²) in [4.78, 5) is 12.4. The van der Waals surface area contributed by atoms with Gasteiger partial charge < -0.3 is 14.8 Å². The number of anilines is 1. The number of rotatable bonds is 8. The molecule has 2 aromatic carbocycles. The molecule has 0 aromatic heterocycles. The van der Waals surface area contributed by atoms with Crippen molar-refractivity contribution in [3.8, 4) is 11.5 Å². The first kappa shape index (κ1) is 24.7. The van der Waals surface area contributed by atoms with Crippen LogP contribution in [0.3, 0.4) is 0 Å². The van der Waals surface area contributed by atoms with Crippen molar-refractivity contribution in [3.63, 3.8) is 0 Å². The molecule has 11 heteroatoms. The highest BCUT2D eigenvalue weighted by Gasteiger charge is 2.31. The summed E-state index contributed by atoms with van der Waals surface area (Å²) >= 11 is 0. The minimum Gasteiger partial charge on any atom is -0.486 e. The van der Waals surface area contributed by atoms with Gasteiger partial charge in [0.25, 0.3) is 0 Å². The van der Waals surface area contributed by atoms with Gasteiger partial charge in [0.05, 0.1) is 23.5 Å². The molecule has 33 heavy (non-hydrogen) atoms. The van der Waals surface area contributed by atoms with Gasteiger partial charge in [0, 0.05) is 13.0 Å². The maximum absolute atomic E-state index is 13.0. The van der Waals surface area contributed by atoms with E-state index in [9.17, 15) is 26.4 Å². The number of ether oxygens (including phenoxy) is 2. The number of halogens is 3. The number of carbonyl (C=O) groups excluding carboxylic acids is 1. The largest absolute Gasteiger partial charge is 0.486 e. The molecule has 2 aromatic rings. The molecule has 1 unspecified atom stereocenters. The van der Waals surface area contributed by atoms with Gasteiger partial charge in [-0.25, -0.2) is 8.42 Å². The molecule has 0 saturated carbocycles. The molecule has 7 nitrogen and oxygen atoms in total. The third-order valence-corrected chi connectivity index (χ3v) is 6.26. The number of amides is 1. The maximum Gasteiger partial charge on any atom is 0.416 e. The fraction of sp³-hybridized carbons (Fsp3) is 0.409. The summed E-state index contributed by atoms with van der Waals surface area (Å²) in [5.74, 6) is 0.929. The van der Waals surface area contributed by atoms with Gasteiger partial charge in [-0.05, 0) is 49.2 Å². The highest BCUT2D eigenvalue weighted by atomic mass is 32.2. The van der Waals surface area contributed by atoms with E-state index in [1.54, 1.807) is 19.1 Å². The average molecular weight is 487 g/mol. The third-order valence-electron chi connectivity index (χ3n) is 5.07. The molecular formula is C22H25F3N2O5S. The summed E-state index contributed by atoms with van der Waals surface area (Å²) in [6, 6.07) is 9.14. The molecular weight excluding hydrogens is 461 g/mol. The van der Waals surface area contributed by atoms with Crippen molar-refractivity contribution in [1.29, 1.82) is 0 Å². The minimum absolute atomic E-state index is 0.000126. The lowest BCUT2D eigenvalue weighted by Crippen LogP contribution is -2.32. The Hall–Kier alpha value is -2.95. The van der Waals surface area contributed by atoms with Crippen molar-refractivity contribution < 1.29 is 35.9 Å². The Morgan fingerprint density at radius 1 is 1.12 bits per heavy atom. The number of hydrogen-bond acceptors (Lipinski definition) is 5. The van der Waals surface area contributed by atoms with Crippen molar-refractivity contribution in [3.05, 3.63) is 53.6 Å². The van der Waals surface area contributed by atoms with E-state index in [2.05, 4.69) is 5.32 Å². The summed E-state index contributed by atoms with van der Waals surface area (Å²) in [7, 11) is -3.84. The SMILES string of the molecule is CC(NC(=O)CCCN(c1cccc(C(F)(F)F)c1)S(C)(=O)=O)c1ccc2c(c1)OCCO2. The predicted octanol–water partition coefficient (Wildman–Crippen LogP) is 3.90. The van der Waals surface area contributed by atoms with Crippen LogP contribution in [0.2, 0.25) is 0 Å². The minimum atomic E-state index is -4.59. The van der Waals surface area contributed by atoms with Gasteiger partial charge in [0.2, 0.25) is 15.9 Å². The van der Waals surface area contributed by atoms with E-state index >= 15 is 0 Å². The van der Waals surface area contributed by atoms with Crippen LogP contribution in [0.4, 0.5) is 18.9 Å². The van der Waals surface area contributed by atoms with Crippen LogP contribution in [0.25, 0.3) is 0 Å². The van der Waals surface area contributed by atoms with Crippen LogP contribution in [0.15, 0.2) is 42.5 Å². The molecule has 0 radical (unpaired) electrons. The Morgan fingerprint density at radius 3 is 2.48 bits per heavy atom. The van der Waals surface area contributed by atoms with Gasteiger partial charge >= 0.3 is 6.18 Å². The van der Waals surface area contributed by atoms with Gasteiger partial charge in [0.1, 0.15) is 13.2 Å². The van der Waals surface area contributed by atoms with Crippen LogP contribution in [-0.2, 0) is 21.0 Å². The van der Waals surface area contributed by atoms with Gasteiger partial charge in [-0.3, -0.25) is 9.10 Å². The highest BCUT2D eigenvalue weighted by Crippen LogP contribution is 2.33. The van der Waals surface area contributed by atoms with E-state index in [1.807, 2.05) is 6.07 Å². The molecule has 1 heterocycles. The first-order chi connectivity index (χ1) is 15.4. The molecule has 1 atom stereocenters. The summed E-state index contributed by atoms with van der Waals surface area (Å²) in [5.41, 5.74) is -0.230. The number of nitrogens with one attached hydrogen (secondary N) is 1. The molecule has 0 aliphatic carbocycles. The number of benzene rings is 2. The molecule has 1 N–H and O–H groups in total. The summed E-state index contributed by atoms with van der Waals surface area (Å²) in [5, 5.41) is 2.83. The van der Waals surface area contributed by atoms with Crippen molar-refractivity contribution in [2.45, 2.75) is 32.0 Å². The van der Waals surface area contributed by atoms with Crippen molar-refractivity contribution >= 4 is 21.6 Å². The number of nitrogens with zero attached hydrogens (tertiary/aromatic N) is 1. The lowest BCUT2D eigenvalue weighted by atomic mass is 10.1. The van der Waals surface area contributed by atoms with E-state index < -0.39 is 21.8 Å². The zero-order valence-electron chi connectivity index (χ0n) is 18.2. The van der Waals surface area contributed by atoms with Crippen molar-refractivity contribution in [1.82, 2.24) is 5.32 Å². The van der Waals surface area contributed by atoms with Gasteiger partial charge in [0.15, 0.2) is 11.5 Å². The van der Waals surface area contributed by atoms with Crippen LogP contribution in [0.5, 0.6) is 11.5 Å². The number of hydrogen-bond donors (Lipinski definition) is 1. The van der Waals surface area contributed by atoms with Crippen LogP contribution >= 0.6 is 0 Å². The summed E-state index contributed by atoms with van der Waals surface area (Å²) < 4.78 is 75.2. The fourth-order valence-corrected chi connectivity index (χ4v) is 4.39. The Kier molecular flexibility index (Phi) is 7.41. The molecule has 1 amide bonds. The first-order valence-electron chi connectivity index (χ1n) is 10.3. The van der Waals surface area contributed by atoms with Crippen molar-refractivity contribution in [2.24, 2.45) is 0 Å². The van der Waals surface area contributed by atoms with Gasteiger partial charge in [-0.15, -0.1) is 0 Å². The zero-order valence-corrected chi connectivity index (χ0v) is 19.0. The number of fused-ring (bicyclic) bond motifs is 1. The number of carbonyl (C=O) groups is 1. The first-order valence-corrected chi connectivity index (χ1v) is 12.1. The van der Waals surface area contributed by atoms with E-state index in [4.69, 9.17) is 9.47 Å². The topological polar surface area (TPSA) is 84.9 Å². The van der Waals surface area contributed by atoms with E-state index in [-0.39, 0.29) is 37.0 Å². The molecule has 0 saturated heterocycles. The normalized spacial score (nSPS) is 14.5. The quantitative estimate of drug-likeness (QED) is 0.612. The average Bonchev–Trinajstić information content (AvgIpc) is 2.75. The lowest BCUT2D eigenvalue weighted by Gasteiger charge is -2.23. The summed E-state index contributed by atoms with van der Waals surface area (Å²) in [6.45, 7) is 2.59. The van der Waals surface area contributed by atoms with E-state index in [0.29, 0.717) is 24.7 Å². The number of sulfonamides is 1. The second kappa shape index (κ2) is 9.90. The molecule has 0 fully saturated rings. The maximum atomic E-state index is 13.0. The molecule has 180 valence electrons. The van der Waals surface area contributed by atoms with E-state index in [0.717, 1.165) is 34.3 Å². The Labute approximate surface area is 190 Å². The standard InChI is InChI=1S/C22H25F3N2O5S/c1-15(16-8-9-19-20(13-16)32-12-11-31-19)26-21(28)7-4-10-27(33(2,29)30)18-6-3-5-17(14-18)22(23,24)25/h3,5-6,8-9,13-15H,4,7,10-12H2,1-2H3,(H,26,28). The summed E-state index contributed by atoms with van der Waals surface area (Å²) in [6.07, 6.45) is -3.55. The predicted molar refractivity (Wildman–Crippen MR) is 117 cm³/mol. The van der Waals surface area contributed by atoms with Crippen LogP contribution in [0, 0.1) is 0 Å². The Bertz CT molecular complexity index is 1110. The third kappa shape index (κ3) is 6.53. The smallest absolute Gasteiger partial charge is 0.416 e. The molecule has 1 aliphatic heterocycles. The fourth-order valence-electron chi connectivity index (χ4n) is 3.43. The second-order valence-electron chi connectivity index (χ2n) is 7.68. The molecule has 0 spiro atoms. The van der Waals surface area contributed by atoms with Crippen LogP contribution in [-0.4, -0.2) is 40.3 Å². The van der Waals surface area contributed by atoms with Crippen LogP contribution < -0.4 is 19.1 Å². The van der Waals surface area contributed by atoms with Gasteiger partial charge in [-0.2, -0.15) is 13.2 Å². The Balaban J connectivity index is 1.60. The molecule has 3 rings (SSSR count). The highest BCUT2D eigenvalue weighted by molar-refractivity contribution is 7.92.